The van der Waals surface area contributed by atoms with Crippen molar-refractivity contribution >= 4 is 0 Å². The van der Waals surface area contributed by atoms with E-state index >= 15 is 0 Å². The van der Waals surface area contributed by atoms with E-state index in [1.165, 1.54) is 27.8 Å². The highest BCUT2D eigenvalue weighted by molar-refractivity contribution is 5.45. The molecule has 2 heteroatoms. The van der Waals surface area contributed by atoms with Crippen molar-refractivity contribution in [3.8, 4) is 5.75 Å². The maximum atomic E-state index is 5.38. The molecule has 0 saturated heterocycles. The van der Waals surface area contributed by atoms with Crippen LogP contribution in [0.3, 0.4) is 0 Å². The predicted molar refractivity (Wildman–Crippen MR) is 82.5 cm³/mol. The van der Waals surface area contributed by atoms with Gasteiger partial charge in [-0.25, -0.2) is 0 Å². The highest BCUT2D eigenvalue weighted by Gasteiger charge is 2.22. The summed E-state index contributed by atoms with van der Waals surface area (Å²) in [6.45, 7) is 5.36. The van der Waals surface area contributed by atoms with Crippen LogP contribution in [0.5, 0.6) is 5.75 Å². The fourth-order valence-corrected chi connectivity index (χ4v) is 2.90. The Hall–Kier alpha value is -1.80. The molecule has 1 N–H and O–H groups in total. The van der Waals surface area contributed by atoms with Gasteiger partial charge in [0.25, 0.3) is 0 Å². The van der Waals surface area contributed by atoms with E-state index in [1.54, 1.807) is 7.11 Å². The number of ether oxygens (including phenoxy) is 1. The average molecular weight is 267 g/mol. The number of aryl methyl sites for hydroxylation is 2. The standard InChI is InChI=1S/C18H21NO/c1-12-4-5-15(10-13(12)2)18-17-11-16(20-3)7-6-14(17)8-9-19-18/h4-7,10-11,18-19H,8-9H2,1-3H3. The number of hydrogen-bond acceptors (Lipinski definition) is 2. The van der Waals surface area contributed by atoms with Gasteiger partial charge in [0.05, 0.1) is 13.2 Å². The summed E-state index contributed by atoms with van der Waals surface area (Å²) in [6.07, 6.45) is 1.08. The van der Waals surface area contributed by atoms with E-state index in [4.69, 9.17) is 4.74 Å². The molecule has 0 spiro atoms. The summed E-state index contributed by atoms with van der Waals surface area (Å²) in [5.41, 5.74) is 6.80. The highest BCUT2D eigenvalue weighted by atomic mass is 16.5. The first-order valence-corrected chi connectivity index (χ1v) is 7.16. The van der Waals surface area contributed by atoms with Crippen LogP contribution in [0, 0.1) is 13.8 Å². The molecule has 2 aromatic carbocycles. The molecule has 0 aliphatic carbocycles. The molecule has 0 fully saturated rings. The van der Waals surface area contributed by atoms with Crippen LogP contribution >= 0.6 is 0 Å². The van der Waals surface area contributed by atoms with Gasteiger partial charge in [0.2, 0.25) is 0 Å². The lowest BCUT2D eigenvalue weighted by atomic mass is 9.88. The van der Waals surface area contributed by atoms with Gasteiger partial charge in [-0.2, -0.15) is 0 Å². The van der Waals surface area contributed by atoms with Crippen molar-refractivity contribution in [1.29, 1.82) is 0 Å². The van der Waals surface area contributed by atoms with E-state index in [9.17, 15) is 0 Å². The van der Waals surface area contributed by atoms with Crippen molar-refractivity contribution in [3.05, 3.63) is 64.2 Å². The lowest BCUT2D eigenvalue weighted by molar-refractivity contribution is 0.412. The van der Waals surface area contributed by atoms with E-state index in [-0.39, 0.29) is 6.04 Å². The quantitative estimate of drug-likeness (QED) is 0.898. The Bertz CT molecular complexity index is 633. The third-order valence-electron chi connectivity index (χ3n) is 4.27. The number of benzene rings is 2. The van der Waals surface area contributed by atoms with E-state index in [2.05, 4.69) is 55.6 Å². The third kappa shape index (κ3) is 2.32. The van der Waals surface area contributed by atoms with Crippen LogP contribution in [0.2, 0.25) is 0 Å². The molecule has 1 heterocycles. The summed E-state index contributed by atoms with van der Waals surface area (Å²) in [5.74, 6) is 0.932. The lowest BCUT2D eigenvalue weighted by Gasteiger charge is -2.28. The van der Waals surface area contributed by atoms with Crippen molar-refractivity contribution < 1.29 is 4.74 Å². The fourth-order valence-electron chi connectivity index (χ4n) is 2.90. The van der Waals surface area contributed by atoms with Crippen LogP contribution in [0.25, 0.3) is 0 Å². The van der Waals surface area contributed by atoms with Gasteiger partial charge >= 0.3 is 0 Å². The molecule has 1 atom stereocenters. The molecule has 0 aromatic heterocycles. The molecule has 2 aromatic rings. The molecule has 3 rings (SSSR count). The predicted octanol–water partition coefficient (Wildman–Crippen LogP) is 3.55. The number of hydrogen-bond donors (Lipinski definition) is 1. The summed E-state index contributed by atoms with van der Waals surface area (Å²) in [4.78, 5) is 0. The van der Waals surface area contributed by atoms with Gasteiger partial charge in [-0.05, 0) is 60.2 Å². The van der Waals surface area contributed by atoms with Gasteiger partial charge in [0, 0.05) is 6.54 Å². The Morgan fingerprint density at radius 3 is 2.65 bits per heavy atom. The second-order valence-corrected chi connectivity index (χ2v) is 5.55. The van der Waals surface area contributed by atoms with Crippen molar-refractivity contribution in [1.82, 2.24) is 5.32 Å². The molecule has 104 valence electrons. The monoisotopic (exact) mass is 267 g/mol. The number of methoxy groups -OCH3 is 1. The van der Waals surface area contributed by atoms with Gasteiger partial charge in [-0.1, -0.05) is 24.3 Å². The Kier molecular flexibility index (Phi) is 3.49. The number of fused-ring (bicyclic) bond motifs is 1. The minimum atomic E-state index is 0.271. The molecule has 0 saturated carbocycles. The molecule has 0 bridgehead atoms. The lowest BCUT2D eigenvalue weighted by Crippen LogP contribution is -2.30. The molecule has 1 unspecified atom stereocenters. The fraction of sp³-hybridized carbons (Fsp3) is 0.333. The normalized spacial score (nSPS) is 17.6. The topological polar surface area (TPSA) is 21.3 Å². The van der Waals surface area contributed by atoms with Crippen molar-refractivity contribution in [2.24, 2.45) is 0 Å². The van der Waals surface area contributed by atoms with Crippen LogP contribution in [-0.2, 0) is 6.42 Å². The third-order valence-corrected chi connectivity index (χ3v) is 4.27. The summed E-state index contributed by atoms with van der Waals surface area (Å²) >= 11 is 0. The van der Waals surface area contributed by atoms with Crippen LogP contribution < -0.4 is 10.1 Å². The molecule has 1 aliphatic rings. The Morgan fingerprint density at radius 1 is 1.05 bits per heavy atom. The van der Waals surface area contributed by atoms with E-state index in [0.29, 0.717) is 0 Å². The smallest absolute Gasteiger partial charge is 0.119 e. The maximum absolute atomic E-state index is 5.38. The molecule has 0 radical (unpaired) electrons. The zero-order valence-electron chi connectivity index (χ0n) is 12.4. The van der Waals surface area contributed by atoms with Crippen molar-refractivity contribution in [2.45, 2.75) is 26.3 Å². The summed E-state index contributed by atoms with van der Waals surface area (Å²) < 4.78 is 5.38. The van der Waals surface area contributed by atoms with Gasteiger partial charge in [0.1, 0.15) is 5.75 Å². The molecule has 0 amide bonds. The van der Waals surface area contributed by atoms with E-state index in [0.717, 1.165) is 18.7 Å². The average Bonchev–Trinajstić information content (AvgIpc) is 2.49. The maximum Gasteiger partial charge on any atom is 0.119 e. The van der Waals surface area contributed by atoms with Gasteiger partial charge < -0.3 is 10.1 Å². The largest absolute Gasteiger partial charge is 0.497 e. The van der Waals surface area contributed by atoms with Crippen LogP contribution in [0.15, 0.2) is 36.4 Å². The Labute approximate surface area is 120 Å². The zero-order valence-corrected chi connectivity index (χ0v) is 12.4. The molecular weight excluding hydrogens is 246 g/mol. The Morgan fingerprint density at radius 2 is 1.90 bits per heavy atom. The van der Waals surface area contributed by atoms with Crippen LogP contribution in [0.1, 0.15) is 33.9 Å². The minimum absolute atomic E-state index is 0.271. The minimum Gasteiger partial charge on any atom is -0.497 e. The number of rotatable bonds is 2. The van der Waals surface area contributed by atoms with Gasteiger partial charge in [-0.3, -0.25) is 0 Å². The summed E-state index contributed by atoms with van der Waals surface area (Å²) in [5, 5.41) is 3.63. The van der Waals surface area contributed by atoms with Crippen molar-refractivity contribution in [2.75, 3.05) is 13.7 Å². The van der Waals surface area contributed by atoms with Crippen LogP contribution in [0.4, 0.5) is 0 Å². The van der Waals surface area contributed by atoms with Gasteiger partial charge in [0.15, 0.2) is 0 Å². The highest BCUT2D eigenvalue weighted by Crippen LogP contribution is 2.32. The second-order valence-electron chi connectivity index (χ2n) is 5.55. The molecule has 1 aliphatic heterocycles. The first-order chi connectivity index (χ1) is 9.69. The first-order valence-electron chi connectivity index (χ1n) is 7.16. The molecular formula is C18H21NO. The van der Waals surface area contributed by atoms with Gasteiger partial charge in [-0.15, -0.1) is 0 Å². The van der Waals surface area contributed by atoms with E-state index in [1.807, 2.05) is 0 Å². The molecule has 2 nitrogen and oxygen atoms in total. The SMILES string of the molecule is COc1ccc2c(c1)C(c1ccc(C)c(C)c1)NCC2. The molecule has 20 heavy (non-hydrogen) atoms. The summed E-state index contributed by atoms with van der Waals surface area (Å²) in [7, 11) is 1.73. The number of nitrogens with one attached hydrogen (secondary N) is 1. The van der Waals surface area contributed by atoms with Crippen LogP contribution in [-0.4, -0.2) is 13.7 Å². The van der Waals surface area contributed by atoms with Crippen molar-refractivity contribution in [3.63, 3.8) is 0 Å². The summed E-state index contributed by atoms with van der Waals surface area (Å²) in [6, 6.07) is 13.4. The Balaban J connectivity index is 2.06. The zero-order chi connectivity index (χ0) is 14.1. The second kappa shape index (κ2) is 5.29. The van der Waals surface area contributed by atoms with E-state index < -0.39 is 0 Å². The first kappa shape index (κ1) is 13.2.